The Morgan fingerprint density at radius 2 is 1.53 bits per heavy atom. The molecule has 10 heteroatoms. The second-order valence-corrected chi connectivity index (χ2v) is 11.2. The van der Waals surface area contributed by atoms with Crippen molar-refractivity contribution in [2.45, 2.75) is 44.7 Å². The van der Waals surface area contributed by atoms with Crippen LogP contribution in [0.15, 0.2) is 91.1 Å². The maximum absolute atomic E-state index is 13.9. The first kappa shape index (κ1) is 31.2. The van der Waals surface area contributed by atoms with E-state index < -0.39 is 35.5 Å². The molecule has 1 saturated heterocycles. The summed E-state index contributed by atoms with van der Waals surface area (Å²) in [6.07, 6.45) is 2.64. The van der Waals surface area contributed by atoms with Crippen molar-refractivity contribution in [2.24, 2.45) is 11.8 Å². The molecule has 0 spiro atoms. The van der Waals surface area contributed by atoms with Crippen molar-refractivity contribution in [2.75, 3.05) is 6.54 Å². The van der Waals surface area contributed by atoms with Crippen molar-refractivity contribution in [3.8, 4) is 0 Å². The lowest BCUT2D eigenvalue weighted by Gasteiger charge is -2.27. The third-order valence-electron chi connectivity index (χ3n) is 7.93. The fraction of sp³-hybridized carbons (Fsp3) is 0.286. The molecule has 1 fully saturated rings. The Hall–Kier alpha value is -5.25. The van der Waals surface area contributed by atoms with Gasteiger partial charge in [-0.3, -0.25) is 29.0 Å². The Balaban J connectivity index is 1.36. The summed E-state index contributed by atoms with van der Waals surface area (Å²) in [7, 11) is 0. The van der Waals surface area contributed by atoms with Crippen LogP contribution in [0.25, 0.3) is 11.0 Å². The van der Waals surface area contributed by atoms with Gasteiger partial charge in [-0.15, -0.1) is 0 Å². The minimum Gasteiger partial charge on any atom is -0.356 e. The predicted octanol–water partition coefficient (Wildman–Crippen LogP) is 3.35. The first-order valence-electron chi connectivity index (χ1n) is 15.1. The zero-order valence-electron chi connectivity index (χ0n) is 24.8. The molecule has 0 bridgehead atoms. The number of rotatable bonds is 13. The van der Waals surface area contributed by atoms with Gasteiger partial charge in [-0.1, -0.05) is 72.8 Å². The quantitative estimate of drug-likeness (QED) is 0.156. The van der Waals surface area contributed by atoms with Crippen LogP contribution in [0.1, 0.15) is 47.3 Å². The second-order valence-electron chi connectivity index (χ2n) is 11.2. The molecule has 4 aromatic rings. The van der Waals surface area contributed by atoms with E-state index in [-0.39, 0.29) is 43.2 Å². The van der Waals surface area contributed by atoms with E-state index in [0.717, 1.165) is 17.5 Å². The van der Waals surface area contributed by atoms with Gasteiger partial charge >= 0.3 is 0 Å². The lowest BCUT2D eigenvalue weighted by atomic mass is 9.88. The second kappa shape index (κ2) is 15.0. The number of para-hydroxylation sites is 2. The standard InChI is InChI=1S/C35H35N5O5/c41-31(30-22-37-27-15-7-8-16-28(27)39-30)20-26(18-23-10-3-1-4-11-23)34(44)40-29(19-25-14-9-17-36-33(25)43)32(42)35(45)38-21-24-12-5-2-6-13-24/h1-8,10-13,15-16,22,25-26,29H,9,14,17-21H2,(H,36,43)(H,38,45)(H,40,44)/t25-,26+,29-/m0/s1. The summed E-state index contributed by atoms with van der Waals surface area (Å²) in [5, 5.41) is 8.18. The fourth-order valence-electron chi connectivity index (χ4n) is 5.47. The van der Waals surface area contributed by atoms with Gasteiger partial charge in [0.25, 0.3) is 5.91 Å². The van der Waals surface area contributed by atoms with Gasteiger partial charge in [0, 0.05) is 31.3 Å². The molecule has 3 aromatic carbocycles. The normalized spacial score (nSPS) is 15.8. The number of fused-ring (bicyclic) bond motifs is 1. The highest BCUT2D eigenvalue weighted by Crippen LogP contribution is 2.21. The number of benzene rings is 3. The lowest BCUT2D eigenvalue weighted by Crippen LogP contribution is -2.51. The number of carbonyl (C=O) groups excluding carboxylic acids is 5. The largest absolute Gasteiger partial charge is 0.356 e. The summed E-state index contributed by atoms with van der Waals surface area (Å²) in [6, 6.07) is 24.3. The Kier molecular flexibility index (Phi) is 10.4. The maximum atomic E-state index is 13.9. The summed E-state index contributed by atoms with van der Waals surface area (Å²) >= 11 is 0. The lowest BCUT2D eigenvalue weighted by molar-refractivity contribution is -0.141. The molecule has 2 heterocycles. The van der Waals surface area contributed by atoms with Gasteiger partial charge in [-0.05, 0) is 48.9 Å². The van der Waals surface area contributed by atoms with Crippen LogP contribution in [-0.4, -0.2) is 51.8 Å². The van der Waals surface area contributed by atoms with Gasteiger partial charge in [0.05, 0.1) is 23.3 Å². The number of amides is 3. The molecule has 10 nitrogen and oxygen atoms in total. The molecule has 1 aliphatic rings. The van der Waals surface area contributed by atoms with Crippen LogP contribution < -0.4 is 16.0 Å². The summed E-state index contributed by atoms with van der Waals surface area (Å²) in [4.78, 5) is 75.2. The summed E-state index contributed by atoms with van der Waals surface area (Å²) in [5.41, 5.74) is 2.97. The Morgan fingerprint density at radius 3 is 2.24 bits per heavy atom. The summed E-state index contributed by atoms with van der Waals surface area (Å²) in [6.45, 7) is 0.671. The molecule has 0 aliphatic carbocycles. The maximum Gasteiger partial charge on any atom is 0.289 e. The van der Waals surface area contributed by atoms with E-state index in [4.69, 9.17) is 0 Å². The highest BCUT2D eigenvalue weighted by molar-refractivity contribution is 6.38. The van der Waals surface area contributed by atoms with Crippen molar-refractivity contribution in [1.29, 1.82) is 0 Å². The number of carbonyl (C=O) groups is 5. The summed E-state index contributed by atoms with van der Waals surface area (Å²) < 4.78 is 0. The van der Waals surface area contributed by atoms with E-state index >= 15 is 0 Å². The van der Waals surface area contributed by atoms with Crippen molar-refractivity contribution in [3.05, 3.63) is 108 Å². The number of ketones is 2. The molecule has 230 valence electrons. The van der Waals surface area contributed by atoms with Gasteiger partial charge in [0.2, 0.25) is 17.6 Å². The Morgan fingerprint density at radius 1 is 0.867 bits per heavy atom. The third-order valence-corrected chi connectivity index (χ3v) is 7.93. The minimum absolute atomic E-state index is 0.0304. The molecule has 5 rings (SSSR count). The summed E-state index contributed by atoms with van der Waals surface area (Å²) in [5.74, 6) is -4.28. The number of piperidine rings is 1. The van der Waals surface area contributed by atoms with Crippen LogP contribution in [0.5, 0.6) is 0 Å². The van der Waals surface area contributed by atoms with Crippen LogP contribution in [0, 0.1) is 11.8 Å². The number of Topliss-reactive ketones (excluding diaryl/α,β-unsaturated/α-hetero) is 2. The third kappa shape index (κ3) is 8.44. The van der Waals surface area contributed by atoms with Gasteiger partial charge in [-0.2, -0.15) is 0 Å². The molecular weight excluding hydrogens is 570 g/mol. The molecule has 3 amide bonds. The monoisotopic (exact) mass is 605 g/mol. The molecule has 45 heavy (non-hydrogen) atoms. The van der Waals surface area contributed by atoms with Gasteiger partial charge in [0.15, 0.2) is 5.78 Å². The topological polar surface area (TPSA) is 147 Å². The van der Waals surface area contributed by atoms with E-state index in [9.17, 15) is 24.0 Å². The Labute approximate surface area is 261 Å². The molecule has 0 unspecified atom stereocenters. The van der Waals surface area contributed by atoms with E-state index in [1.54, 1.807) is 18.2 Å². The number of hydrogen-bond acceptors (Lipinski definition) is 7. The van der Waals surface area contributed by atoms with Crippen molar-refractivity contribution >= 4 is 40.3 Å². The number of nitrogens with one attached hydrogen (secondary N) is 3. The molecule has 1 aliphatic heterocycles. The van der Waals surface area contributed by atoms with Crippen LogP contribution >= 0.6 is 0 Å². The highest BCUT2D eigenvalue weighted by atomic mass is 16.2. The molecule has 3 atom stereocenters. The Bertz CT molecular complexity index is 1680. The van der Waals surface area contributed by atoms with Crippen LogP contribution in [-0.2, 0) is 32.1 Å². The highest BCUT2D eigenvalue weighted by Gasteiger charge is 2.35. The average molecular weight is 606 g/mol. The molecule has 0 radical (unpaired) electrons. The number of hydrogen-bond donors (Lipinski definition) is 3. The molecule has 1 aromatic heterocycles. The number of aromatic nitrogens is 2. The van der Waals surface area contributed by atoms with Gasteiger partial charge in [-0.25, -0.2) is 4.98 Å². The van der Waals surface area contributed by atoms with E-state index in [1.807, 2.05) is 66.7 Å². The first-order chi connectivity index (χ1) is 21.9. The van der Waals surface area contributed by atoms with E-state index in [2.05, 4.69) is 25.9 Å². The SMILES string of the molecule is O=C(NCc1ccccc1)C(=O)[C@H](C[C@@H]1CCCNC1=O)NC(=O)[C@@H](CC(=O)c1cnc2ccccc2n1)Cc1ccccc1. The first-order valence-corrected chi connectivity index (χ1v) is 15.1. The average Bonchev–Trinajstić information content (AvgIpc) is 3.07. The number of nitrogens with zero attached hydrogens (tertiary/aromatic N) is 2. The van der Waals surface area contributed by atoms with Crippen molar-refractivity contribution in [1.82, 2.24) is 25.9 Å². The molecule has 0 saturated carbocycles. The van der Waals surface area contributed by atoms with Crippen molar-refractivity contribution < 1.29 is 24.0 Å². The van der Waals surface area contributed by atoms with Crippen LogP contribution in [0.3, 0.4) is 0 Å². The van der Waals surface area contributed by atoms with Crippen LogP contribution in [0.4, 0.5) is 0 Å². The van der Waals surface area contributed by atoms with Gasteiger partial charge in [0.1, 0.15) is 5.69 Å². The minimum atomic E-state index is -1.25. The predicted molar refractivity (Wildman–Crippen MR) is 168 cm³/mol. The van der Waals surface area contributed by atoms with E-state index in [0.29, 0.717) is 24.0 Å². The molecular formula is C35H35N5O5. The van der Waals surface area contributed by atoms with Crippen molar-refractivity contribution in [3.63, 3.8) is 0 Å². The van der Waals surface area contributed by atoms with Crippen LogP contribution in [0.2, 0.25) is 0 Å². The zero-order chi connectivity index (χ0) is 31.6. The van der Waals surface area contributed by atoms with Gasteiger partial charge < -0.3 is 16.0 Å². The smallest absolute Gasteiger partial charge is 0.289 e. The molecule has 3 N–H and O–H groups in total. The zero-order valence-corrected chi connectivity index (χ0v) is 24.8. The van der Waals surface area contributed by atoms with E-state index in [1.165, 1.54) is 6.20 Å². The fourth-order valence-corrected chi connectivity index (χ4v) is 5.47.